The monoisotopic (exact) mass is 458 g/mol. The minimum atomic E-state index is -3.70. The maximum Gasteiger partial charge on any atom is 0.234 e. The predicted octanol–water partition coefficient (Wildman–Crippen LogP) is 2.91. The first-order chi connectivity index (χ1) is 15.0. The number of aromatic nitrogens is 3. The molecule has 2 aromatic heterocycles. The molecule has 32 heavy (non-hydrogen) atoms. The number of hydrogen-bond donors (Lipinski definition) is 3. The topological polar surface area (TPSA) is 130 Å². The van der Waals surface area contributed by atoms with Crippen LogP contribution in [-0.4, -0.2) is 46.8 Å². The van der Waals surface area contributed by atoms with E-state index in [0.29, 0.717) is 28.4 Å². The minimum Gasteiger partial charge on any atom is -0.480 e. The van der Waals surface area contributed by atoms with Gasteiger partial charge < -0.3 is 15.4 Å². The van der Waals surface area contributed by atoms with E-state index in [2.05, 4.69) is 25.6 Å². The van der Waals surface area contributed by atoms with Crippen molar-refractivity contribution in [2.45, 2.75) is 31.1 Å². The van der Waals surface area contributed by atoms with Crippen LogP contribution in [0.25, 0.3) is 11.2 Å². The number of nitrogens with zero attached hydrogens (tertiary/aromatic N) is 3. The zero-order chi connectivity index (χ0) is 23.3. The maximum absolute atomic E-state index is 14.9. The van der Waals surface area contributed by atoms with E-state index in [9.17, 15) is 12.8 Å². The third-order valence-corrected chi connectivity index (χ3v) is 8.45. The molecule has 1 aliphatic rings. The van der Waals surface area contributed by atoms with E-state index < -0.39 is 25.9 Å². The molecular weight excluding hydrogens is 435 g/mol. The van der Waals surface area contributed by atoms with Crippen molar-refractivity contribution in [2.24, 2.45) is 0 Å². The number of nitrogens with one attached hydrogen (secondary N) is 3. The zero-order valence-electron chi connectivity index (χ0n) is 18.0. The standard InChI is InChI=1S/C21H23FN6O3S/c1-20(2)19(23)28-21(3,11-32(20,29)30)13-9-12(5-6-14(13)22)26-15-7-8-24-18-17(15)25-10-16(27-18)31-4/h5-10H,11H2,1-4H3,(H2,23,28)(H,24,26,27)/t21-/m0/s1. The number of anilines is 2. The van der Waals surface area contributed by atoms with Crippen LogP contribution in [0.15, 0.2) is 36.7 Å². The van der Waals surface area contributed by atoms with Gasteiger partial charge >= 0.3 is 0 Å². The van der Waals surface area contributed by atoms with E-state index >= 15 is 0 Å². The summed E-state index contributed by atoms with van der Waals surface area (Å²) in [4.78, 5) is 12.8. The van der Waals surface area contributed by atoms with Gasteiger partial charge in [-0.3, -0.25) is 5.41 Å². The molecule has 3 aromatic rings. The Bertz CT molecular complexity index is 1340. The zero-order valence-corrected chi connectivity index (χ0v) is 18.8. The first-order valence-electron chi connectivity index (χ1n) is 9.79. The molecule has 3 N–H and O–H groups in total. The van der Waals surface area contributed by atoms with Gasteiger partial charge in [-0.1, -0.05) is 0 Å². The van der Waals surface area contributed by atoms with Crippen molar-refractivity contribution in [1.29, 1.82) is 5.41 Å². The van der Waals surface area contributed by atoms with E-state index in [0.717, 1.165) is 0 Å². The highest BCUT2D eigenvalue weighted by molar-refractivity contribution is 7.93. The Labute approximate surface area is 184 Å². The Morgan fingerprint density at radius 2 is 1.97 bits per heavy atom. The second-order valence-electron chi connectivity index (χ2n) is 8.36. The van der Waals surface area contributed by atoms with Crippen molar-refractivity contribution in [1.82, 2.24) is 20.3 Å². The number of amidine groups is 1. The lowest BCUT2D eigenvalue weighted by Gasteiger charge is -2.43. The highest BCUT2D eigenvalue weighted by Crippen LogP contribution is 2.36. The molecule has 0 bridgehead atoms. The summed E-state index contributed by atoms with van der Waals surface area (Å²) in [5.74, 6) is -0.765. The summed E-state index contributed by atoms with van der Waals surface area (Å²) in [7, 11) is -2.22. The van der Waals surface area contributed by atoms with Gasteiger partial charge in [0.15, 0.2) is 15.5 Å². The van der Waals surface area contributed by atoms with Crippen LogP contribution in [-0.2, 0) is 15.4 Å². The molecule has 168 valence electrons. The molecule has 0 amide bonds. The second-order valence-corrected chi connectivity index (χ2v) is 10.9. The summed E-state index contributed by atoms with van der Waals surface area (Å²) in [6, 6.07) is 6.04. The molecule has 0 radical (unpaired) electrons. The summed E-state index contributed by atoms with van der Waals surface area (Å²) in [5, 5.41) is 14.3. The number of ether oxygens (including phenoxy) is 1. The van der Waals surface area contributed by atoms with Gasteiger partial charge in [0, 0.05) is 17.4 Å². The van der Waals surface area contributed by atoms with Gasteiger partial charge in [0.25, 0.3) is 0 Å². The summed E-state index contributed by atoms with van der Waals surface area (Å²) >= 11 is 0. The van der Waals surface area contributed by atoms with Crippen molar-refractivity contribution >= 4 is 38.2 Å². The van der Waals surface area contributed by atoms with Crippen LogP contribution in [0.4, 0.5) is 15.8 Å². The molecule has 0 spiro atoms. The van der Waals surface area contributed by atoms with Crippen molar-refractivity contribution < 1.29 is 17.5 Å². The third-order valence-electron chi connectivity index (χ3n) is 5.73. The summed E-state index contributed by atoms with van der Waals surface area (Å²) in [5.41, 5.74) is 0.805. The minimum absolute atomic E-state index is 0.137. The molecular formula is C21H23FN6O3S. The van der Waals surface area contributed by atoms with Crippen LogP contribution in [0.5, 0.6) is 5.88 Å². The Balaban J connectivity index is 1.73. The van der Waals surface area contributed by atoms with Gasteiger partial charge in [-0.25, -0.2) is 22.8 Å². The lowest BCUT2D eigenvalue weighted by atomic mass is 9.91. The predicted molar refractivity (Wildman–Crippen MR) is 120 cm³/mol. The fourth-order valence-electron chi connectivity index (χ4n) is 3.61. The van der Waals surface area contributed by atoms with Gasteiger partial charge in [-0.2, -0.15) is 4.98 Å². The number of methoxy groups -OCH3 is 1. The second kappa shape index (κ2) is 7.37. The molecule has 3 heterocycles. The van der Waals surface area contributed by atoms with Crippen LogP contribution >= 0.6 is 0 Å². The highest BCUT2D eigenvalue weighted by atomic mass is 32.2. The number of fused-ring (bicyclic) bond motifs is 1. The average molecular weight is 459 g/mol. The van der Waals surface area contributed by atoms with Crippen molar-refractivity contribution in [3.63, 3.8) is 0 Å². The molecule has 0 saturated carbocycles. The molecule has 1 aromatic carbocycles. The fourth-order valence-corrected chi connectivity index (χ4v) is 5.32. The van der Waals surface area contributed by atoms with E-state index in [1.54, 1.807) is 19.2 Å². The van der Waals surface area contributed by atoms with Crippen LogP contribution in [0.1, 0.15) is 26.3 Å². The van der Waals surface area contributed by atoms with Crippen molar-refractivity contribution in [3.05, 3.63) is 48.0 Å². The average Bonchev–Trinajstić information content (AvgIpc) is 2.73. The van der Waals surface area contributed by atoms with E-state index in [4.69, 9.17) is 10.1 Å². The van der Waals surface area contributed by atoms with Gasteiger partial charge in [0.05, 0.1) is 30.3 Å². The van der Waals surface area contributed by atoms with Gasteiger partial charge in [-0.15, -0.1) is 0 Å². The molecule has 1 saturated heterocycles. The Morgan fingerprint density at radius 3 is 2.66 bits per heavy atom. The molecule has 0 aliphatic carbocycles. The summed E-state index contributed by atoms with van der Waals surface area (Å²) in [6.45, 7) is 4.52. The van der Waals surface area contributed by atoms with Gasteiger partial charge in [-0.05, 0) is 45.0 Å². The number of hydrogen-bond acceptors (Lipinski definition) is 8. The van der Waals surface area contributed by atoms with E-state index in [1.165, 1.54) is 45.4 Å². The number of rotatable bonds is 4. The molecule has 9 nitrogen and oxygen atoms in total. The SMILES string of the molecule is COc1cnc2c(Nc3ccc(F)c([C@]4(C)CS(=O)(=O)C(C)(C)C(=N)N4)c3)ccnc2n1. The number of pyridine rings is 1. The van der Waals surface area contributed by atoms with Crippen LogP contribution in [0.3, 0.4) is 0 Å². The normalized spacial score (nSPS) is 21.7. The van der Waals surface area contributed by atoms with E-state index in [-0.39, 0.29) is 17.2 Å². The lowest BCUT2D eigenvalue weighted by molar-refractivity contribution is 0.397. The van der Waals surface area contributed by atoms with Gasteiger partial charge in [0.2, 0.25) is 5.88 Å². The van der Waals surface area contributed by atoms with E-state index in [1.807, 2.05) is 0 Å². The lowest BCUT2D eigenvalue weighted by Crippen LogP contribution is -2.64. The molecule has 1 aliphatic heterocycles. The highest BCUT2D eigenvalue weighted by Gasteiger charge is 2.51. The Kier molecular flexibility index (Phi) is 5.04. The fraction of sp³-hybridized carbons (Fsp3) is 0.333. The Hall–Kier alpha value is -3.34. The first kappa shape index (κ1) is 21.9. The third kappa shape index (κ3) is 3.52. The van der Waals surface area contributed by atoms with Crippen LogP contribution < -0.4 is 15.4 Å². The molecule has 1 fully saturated rings. The van der Waals surface area contributed by atoms with Crippen molar-refractivity contribution in [2.75, 3.05) is 18.2 Å². The number of sulfone groups is 1. The molecule has 0 unspecified atom stereocenters. The quantitative estimate of drug-likeness (QED) is 0.544. The smallest absolute Gasteiger partial charge is 0.234 e. The Morgan fingerprint density at radius 1 is 1.22 bits per heavy atom. The maximum atomic E-state index is 14.9. The number of halogens is 1. The van der Waals surface area contributed by atoms with Crippen LogP contribution in [0, 0.1) is 11.2 Å². The first-order valence-corrected chi connectivity index (χ1v) is 11.4. The van der Waals surface area contributed by atoms with Crippen molar-refractivity contribution in [3.8, 4) is 5.88 Å². The summed E-state index contributed by atoms with van der Waals surface area (Å²) < 4.78 is 44.3. The van der Waals surface area contributed by atoms with Crippen LogP contribution in [0.2, 0.25) is 0 Å². The number of benzene rings is 1. The largest absolute Gasteiger partial charge is 0.480 e. The molecule has 4 rings (SSSR count). The van der Waals surface area contributed by atoms with Gasteiger partial charge in [0.1, 0.15) is 21.9 Å². The summed E-state index contributed by atoms with van der Waals surface area (Å²) in [6.07, 6.45) is 3.03. The molecule has 11 heteroatoms. The molecule has 1 atom stereocenters.